The van der Waals surface area contributed by atoms with Gasteiger partial charge in [-0.25, -0.2) is 5.48 Å². The molecular formula is C42H56N4O6. The Morgan fingerprint density at radius 2 is 1.48 bits per heavy atom. The largest absolute Gasteiger partial charge is 0.392 e. The van der Waals surface area contributed by atoms with Gasteiger partial charge in [0.25, 0.3) is 0 Å². The van der Waals surface area contributed by atoms with Gasteiger partial charge in [0.05, 0.1) is 18.8 Å². The number of nitrogens with one attached hydrogen (secondary N) is 2. The average molecular weight is 713 g/mol. The average Bonchev–Trinajstić information content (AvgIpc) is 3.87. The van der Waals surface area contributed by atoms with Crippen molar-refractivity contribution in [3.05, 3.63) is 95.1 Å². The molecule has 4 N–H and O–H groups in total. The first-order chi connectivity index (χ1) is 25.5. The molecule has 3 aliphatic rings. The predicted molar refractivity (Wildman–Crippen MR) is 200 cm³/mol. The number of carbonyl (C=O) groups is 2. The molecule has 3 heterocycles. The summed E-state index contributed by atoms with van der Waals surface area (Å²) >= 11 is 0. The monoisotopic (exact) mass is 712 g/mol. The van der Waals surface area contributed by atoms with Crippen molar-refractivity contribution in [3.63, 3.8) is 0 Å². The van der Waals surface area contributed by atoms with E-state index in [1.54, 1.807) is 5.48 Å². The van der Waals surface area contributed by atoms with Crippen molar-refractivity contribution in [1.82, 2.24) is 20.6 Å². The van der Waals surface area contributed by atoms with Gasteiger partial charge < -0.3 is 24.8 Å². The number of likely N-dealkylation sites (tertiary alicyclic amines) is 2. The summed E-state index contributed by atoms with van der Waals surface area (Å²) in [6, 6.07) is 25.2. The predicted octanol–water partition coefficient (Wildman–Crippen LogP) is 6.41. The van der Waals surface area contributed by atoms with Gasteiger partial charge in [-0.3, -0.25) is 19.7 Å². The fraction of sp³-hybridized carbons (Fsp3) is 0.524. The maximum absolute atomic E-state index is 12.6. The van der Waals surface area contributed by atoms with Crippen LogP contribution in [-0.2, 0) is 32.2 Å². The molecule has 4 atom stereocenters. The van der Waals surface area contributed by atoms with Crippen molar-refractivity contribution >= 4 is 11.8 Å². The third kappa shape index (κ3) is 10.7. The molecule has 280 valence electrons. The molecule has 0 saturated carbocycles. The molecule has 3 aromatic rings. The molecule has 0 aromatic heterocycles. The van der Waals surface area contributed by atoms with Crippen LogP contribution >= 0.6 is 0 Å². The van der Waals surface area contributed by atoms with Gasteiger partial charge in [-0.1, -0.05) is 85.6 Å². The van der Waals surface area contributed by atoms with Crippen LogP contribution in [0.3, 0.4) is 0 Å². The number of aliphatic hydroxyl groups excluding tert-OH is 1. The summed E-state index contributed by atoms with van der Waals surface area (Å²) in [6.07, 6.45) is 9.18. The number of unbranched alkanes of at least 4 members (excludes halogenated alkanes) is 3. The molecule has 52 heavy (non-hydrogen) atoms. The lowest BCUT2D eigenvalue weighted by Gasteiger charge is -2.39. The summed E-state index contributed by atoms with van der Waals surface area (Å²) in [6.45, 7) is 6.06. The Kier molecular flexibility index (Phi) is 14.2. The summed E-state index contributed by atoms with van der Waals surface area (Å²) in [5.41, 5.74) is 7.79. The van der Waals surface area contributed by atoms with E-state index < -0.39 is 6.29 Å². The summed E-state index contributed by atoms with van der Waals surface area (Å²) in [4.78, 5) is 29.0. The molecule has 3 aromatic carbocycles. The Morgan fingerprint density at radius 1 is 0.769 bits per heavy atom. The molecule has 0 aliphatic carbocycles. The van der Waals surface area contributed by atoms with Gasteiger partial charge in [-0.05, 0) is 86.0 Å². The molecular weight excluding hydrogens is 656 g/mol. The maximum Gasteiger partial charge on any atom is 0.243 e. The molecule has 10 heteroatoms. The van der Waals surface area contributed by atoms with Crippen molar-refractivity contribution in [1.29, 1.82) is 0 Å². The van der Waals surface area contributed by atoms with Crippen molar-refractivity contribution in [2.75, 3.05) is 32.7 Å². The fourth-order valence-corrected chi connectivity index (χ4v) is 7.94. The quantitative estimate of drug-likeness (QED) is 0.0720. The fourth-order valence-electron chi connectivity index (χ4n) is 7.94. The van der Waals surface area contributed by atoms with Crippen LogP contribution in [0.15, 0.2) is 72.8 Å². The van der Waals surface area contributed by atoms with Crippen LogP contribution in [0.2, 0.25) is 0 Å². The van der Waals surface area contributed by atoms with E-state index in [1.807, 2.05) is 24.3 Å². The van der Waals surface area contributed by atoms with Crippen LogP contribution < -0.4 is 10.8 Å². The van der Waals surface area contributed by atoms with E-state index in [9.17, 15) is 14.7 Å². The van der Waals surface area contributed by atoms with Crippen LogP contribution in [-0.4, -0.2) is 76.8 Å². The smallest absolute Gasteiger partial charge is 0.243 e. The number of benzene rings is 3. The molecule has 6 rings (SSSR count). The second-order valence-corrected chi connectivity index (χ2v) is 14.7. The van der Waals surface area contributed by atoms with Crippen molar-refractivity contribution in [2.24, 2.45) is 0 Å². The number of amides is 2. The first-order valence-corrected chi connectivity index (χ1v) is 19.3. The van der Waals surface area contributed by atoms with Crippen LogP contribution in [0, 0.1) is 0 Å². The Morgan fingerprint density at radius 3 is 2.21 bits per heavy atom. The maximum atomic E-state index is 12.6. The SMILES string of the molecule is O=C(CCCCCCC(=O)NCc1ccccc1-c1ccc([C@@H]2O[C@H](CN3CCC[C@H]3CN3CCCC3)C[C@H](c3ccc(CO)cc3)O2)cc1)NO. The lowest BCUT2D eigenvalue weighted by molar-refractivity contribution is -0.253. The first kappa shape index (κ1) is 38.1. The molecule has 3 aliphatic heterocycles. The normalized spacial score (nSPS) is 22.4. The van der Waals surface area contributed by atoms with Crippen molar-refractivity contribution in [2.45, 2.75) is 108 Å². The number of rotatable bonds is 17. The Balaban J connectivity index is 1.09. The van der Waals surface area contributed by atoms with Gasteiger partial charge in [0.2, 0.25) is 11.8 Å². The van der Waals surface area contributed by atoms with Gasteiger partial charge in [0, 0.05) is 50.5 Å². The van der Waals surface area contributed by atoms with Gasteiger partial charge in [0.1, 0.15) is 0 Å². The van der Waals surface area contributed by atoms with E-state index in [0.29, 0.717) is 31.8 Å². The van der Waals surface area contributed by atoms with E-state index in [-0.39, 0.29) is 30.6 Å². The molecule has 2 amide bonds. The standard InChI is InChI=1S/C42H56N4O6/c47-30-31-15-17-33(18-16-31)39-26-37(29-46-25-9-11-36(46)28-45-23-7-8-24-45)51-42(52-39)34-21-19-32(20-22-34)38-12-6-5-10-35(38)27-43-40(48)13-3-1-2-4-14-41(49)44-50/h5-6,10,12,15-22,36-37,39,42,47,50H,1-4,7-9,11,13-14,23-30H2,(H,43,48)(H,44,49)/t36-,37-,39+,42+/m0/s1. The van der Waals surface area contributed by atoms with Gasteiger partial charge in [-0.2, -0.15) is 0 Å². The van der Waals surface area contributed by atoms with E-state index in [2.05, 4.69) is 63.6 Å². The lowest BCUT2D eigenvalue weighted by atomic mass is 9.97. The van der Waals surface area contributed by atoms with E-state index in [0.717, 1.165) is 78.7 Å². The second-order valence-electron chi connectivity index (χ2n) is 14.7. The highest BCUT2D eigenvalue weighted by molar-refractivity contribution is 5.76. The molecule has 3 saturated heterocycles. The Labute approximate surface area is 308 Å². The summed E-state index contributed by atoms with van der Waals surface area (Å²) < 4.78 is 13.4. The van der Waals surface area contributed by atoms with Crippen LogP contribution in [0.25, 0.3) is 11.1 Å². The van der Waals surface area contributed by atoms with Crippen molar-refractivity contribution in [3.8, 4) is 11.1 Å². The molecule has 0 bridgehead atoms. The number of hydroxylamine groups is 1. The van der Waals surface area contributed by atoms with Crippen LogP contribution in [0.5, 0.6) is 0 Å². The van der Waals surface area contributed by atoms with Crippen molar-refractivity contribution < 1.29 is 29.4 Å². The third-order valence-corrected chi connectivity index (χ3v) is 10.9. The topological polar surface area (TPSA) is 124 Å². The zero-order chi connectivity index (χ0) is 36.1. The molecule has 0 unspecified atom stereocenters. The first-order valence-electron chi connectivity index (χ1n) is 19.3. The summed E-state index contributed by atoms with van der Waals surface area (Å²) in [5, 5.41) is 21.3. The summed E-state index contributed by atoms with van der Waals surface area (Å²) in [5.74, 6) is -0.365. The minimum Gasteiger partial charge on any atom is -0.392 e. The third-order valence-electron chi connectivity index (χ3n) is 10.9. The highest BCUT2D eigenvalue weighted by Crippen LogP contribution is 2.39. The molecule has 10 nitrogen and oxygen atoms in total. The van der Waals surface area contributed by atoms with E-state index in [1.165, 1.54) is 38.8 Å². The number of ether oxygens (including phenoxy) is 2. The summed E-state index contributed by atoms with van der Waals surface area (Å²) in [7, 11) is 0. The second kappa shape index (κ2) is 19.4. The number of carbonyl (C=O) groups excluding carboxylic acids is 2. The zero-order valence-electron chi connectivity index (χ0n) is 30.4. The molecule has 0 radical (unpaired) electrons. The minimum atomic E-state index is -0.503. The van der Waals surface area contributed by atoms with E-state index >= 15 is 0 Å². The molecule has 0 spiro atoms. The zero-order valence-corrected chi connectivity index (χ0v) is 30.4. The van der Waals surface area contributed by atoms with Gasteiger partial charge in [-0.15, -0.1) is 0 Å². The minimum absolute atomic E-state index is 0.0104. The highest BCUT2D eigenvalue weighted by atomic mass is 16.7. The Bertz CT molecular complexity index is 1560. The van der Waals surface area contributed by atoms with Gasteiger partial charge in [0.15, 0.2) is 6.29 Å². The lowest BCUT2D eigenvalue weighted by Crippen LogP contribution is -2.45. The number of nitrogens with zero attached hydrogens (tertiary/aromatic N) is 2. The molecule has 3 fully saturated rings. The number of hydrogen-bond donors (Lipinski definition) is 4. The number of hydrogen-bond acceptors (Lipinski definition) is 8. The Hall–Kier alpha value is -3.64. The van der Waals surface area contributed by atoms with Crippen LogP contribution in [0.1, 0.15) is 105 Å². The highest BCUT2D eigenvalue weighted by Gasteiger charge is 2.36. The number of aliphatic hydroxyl groups is 1. The van der Waals surface area contributed by atoms with Crippen LogP contribution in [0.4, 0.5) is 0 Å². The van der Waals surface area contributed by atoms with E-state index in [4.69, 9.17) is 14.7 Å². The van der Waals surface area contributed by atoms with Gasteiger partial charge >= 0.3 is 0 Å².